The molecular formula is C20H16N6O3S. The Morgan fingerprint density at radius 3 is 2.60 bits per heavy atom. The number of carbonyl (C=O) groups excluding carboxylic acids is 2. The van der Waals surface area contributed by atoms with Crippen LogP contribution in [0.3, 0.4) is 0 Å². The van der Waals surface area contributed by atoms with Gasteiger partial charge >= 0.3 is 5.97 Å². The lowest BCUT2D eigenvalue weighted by Gasteiger charge is -2.05. The summed E-state index contributed by atoms with van der Waals surface area (Å²) in [6.45, 7) is 2.03. The van der Waals surface area contributed by atoms with Gasteiger partial charge in [-0.3, -0.25) is 4.79 Å². The summed E-state index contributed by atoms with van der Waals surface area (Å²) in [7, 11) is 0. The van der Waals surface area contributed by atoms with Crippen LogP contribution in [0.15, 0.2) is 60.4 Å². The van der Waals surface area contributed by atoms with Crippen molar-refractivity contribution in [3.05, 3.63) is 71.8 Å². The smallest absolute Gasteiger partial charge is 0.358 e. The normalized spacial score (nSPS) is 10.6. The van der Waals surface area contributed by atoms with Crippen LogP contribution in [0.1, 0.15) is 27.9 Å². The van der Waals surface area contributed by atoms with Crippen molar-refractivity contribution in [3.8, 4) is 16.5 Å². The minimum atomic E-state index is -0.469. The van der Waals surface area contributed by atoms with Crippen molar-refractivity contribution in [2.45, 2.75) is 6.92 Å². The van der Waals surface area contributed by atoms with E-state index < -0.39 is 5.97 Å². The first-order valence-electron chi connectivity index (χ1n) is 9.01. The van der Waals surface area contributed by atoms with E-state index in [9.17, 15) is 9.59 Å². The van der Waals surface area contributed by atoms with Crippen molar-refractivity contribution in [2.75, 3.05) is 11.9 Å². The highest BCUT2D eigenvalue weighted by Gasteiger charge is 2.14. The SMILES string of the molecule is CCOC(=O)c1ccn(-c2ccc(NC(=O)c3csc(-c4ncccn4)n3)cc2)n1. The number of ether oxygens (including phenoxy) is 1. The number of thiazole rings is 1. The third-order valence-electron chi connectivity index (χ3n) is 3.96. The molecule has 0 fully saturated rings. The van der Waals surface area contributed by atoms with Gasteiger partial charge in [0.1, 0.15) is 5.69 Å². The van der Waals surface area contributed by atoms with Crippen LogP contribution in [-0.4, -0.2) is 43.2 Å². The van der Waals surface area contributed by atoms with Gasteiger partial charge in [0.15, 0.2) is 16.5 Å². The molecule has 1 amide bonds. The zero-order chi connectivity index (χ0) is 20.9. The predicted molar refractivity (Wildman–Crippen MR) is 111 cm³/mol. The largest absolute Gasteiger partial charge is 0.461 e. The molecule has 3 aromatic heterocycles. The van der Waals surface area contributed by atoms with Crippen LogP contribution in [-0.2, 0) is 4.74 Å². The highest BCUT2D eigenvalue weighted by atomic mass is 32.1. The fourth-order valence-electron chi connectivity index (χ4n) is 2.56. The molecule has 0 atom stereocenters. The molecule has 0 aliphatic rings. The first-order chi connectivity index (χ1) is 14.6. The molecule has 1 N–H and O–H groups in total. The zero-order valence-corrected chi connectivity index (χ0v) is 16.7. The molecule has 30 heavy (non-hydrogen) atoms. The van der Waals surface area contributed by atoms with Gasteiger partial charge in [0.25, 0.3) is 5.91 Å². The van der Waals surface area contributed by atoms with E-state index >= 15 is 0 Å². The quantitative estimate of drug-likeness (QED) is 0.477. The summed E-state index contributed by atoms with van der Waals surface area (Å²) in [5, 5.41) is 9.24. The number of hydrogen-bond donors (Lipinski definition) is 1. The van der Waals surface area contributed by atoms with Crippen molar-refractivity contribution in [1.29, 1.82) is 0 Å². The third kappa shape index (κ3) is 4.23. The molecule has 4 rings (SSSR count). The second-order valence-electron chi connectivity index (χ2n) is 5.98. The lowest BCUT2D eigenvalue weighted by Crippen LogP contribution is -2.12. The molecule has 150 valence electrons. The summed E-state index contributed by atoms with van der Waals surface area (Å²) < 4.78 is 6.50. The molecule has 0 aliphatic heterocycles. The lowest BCUT2D eigenvalue weighted by atomic mass is 10.2. The van der Waals surface area contributed by atoms with Gasteiger partial charge in [0.05, 0.1) is 12.3 Å². The molecule has 0 saturated carbocycles. The van der Waals surface area contributed by atoms with Crippen molar-refractivity contribution in [1.82, 2.24) is 24.7 Å². The molecule has 0 unspecified atom stereocenters. The van der Waals surface area contributed by atoms with Crippen molar-refractivity contribution in [2.24, 2.45) is 0 Å². The van der Waals surface area contributed by atoms with E-state index in [0.29, 0.717) is 23.1 Å². The standard InChI is InChI=1S/C20H16N6O3S/c1-2-29-20(28)15-8-11-26(25-15)14-6-4-13(5-7-14)23-18(27)16-12-30-19(24-16)17-21-9-3-10-22-17/h3-12H,2H2,1H3,(H,23,27). The lowest BCUT2D eigenvalue weighted by molar-refractivity contribution is 0.0519. The van der Waals surface area contributed by atoms with Gasteiger partial charge in [-0.25, -0.2) is 24.4 Å². The summed E-state index contributed by atoms with van der Waals surface area (Å²) >= 11 is 1.30. The van der Waals surface area contributed by atoms with Crippen LogP contribution in [0.25, 0.3) is 16.5 Å². The van der Waals surface area contributed by atoms with Crippen LogP contribution in [0.2, 0.25) is 0 Å². The summed E-state index contributed by atoms with van der Waals surface area (Å²) in [5.74, 6) is -0.319. The van der Waals surface area contributed by atoms with E-state index in [0.717, 1.165) is 5.69 Å². The zero-order valence-electron chi connectivity index (χ0n) is 15.8. The van der Waals surface area contributed by atoms with Gasteiger partial charge in [0, 0.05) is 29.7 Å². The van der Waals surface area contributed by atoms with Crippen molar-refractivity contribution in [3.63, 3.8) is 0 Å². The number of nitrogens with one attached hydrogen (secondary N) is 1. The van der Waals surface area contributed by atoms with Gasteiger partial charge in [-0.1, -0.05) is 0 Å². The van der Waals surface area contributed by atoms with E-state index in [2.05, 4.69) is 25.4 Å². The Bertz CT molecular complexity index is 1170. The molecule has 4 aromatic rings. The van der Waals surface area contributed by atoms with Gasteiger partial charge in [-0.2, -0.15) is 5.10 Å². The molecule has 0 aliphatic carbocycles. The maximum Gasteiger partial charge on any atom is 0.358 e. The first-order valence-corrected chi connectivity index (χ1v) is 9.89. The maximum atomic E-state index is 12.5. The molecular weight excluding hydrogens is 404 g/mol. The average molecular weight is 420 g/mol. The highest BCUT2D eigenvalue weighted by molar-refractivity contribution is 7.13. The summed E-state index contributed by atoms with van der Waals surface area (Å²) in [6, 6.07) is 10.3. The second-order valence-corrected chi connectivity index (χ2v) is 6.84. The number of anilines is 1. The fraction of sp³-hybridized carbons (Fsp3) is 0.100. The Hall–Kier alpha value is -3.92. The monoisotopic (exact) mass is 420 g/mol. The molecule has 0 spiro atoms. The van der Waals surface area contributed by atoms with Crippen LogP contribution >= 0.6 is 11.3 Å². The number of amides is 1. The van der Waals surface area contributed by atoms with Crippen LogP contribution < -0.4 is 5.32 Å². The number of aromatic nitrogens is 5. The summed E-state index contributed by atoms with van der Waals surface area (Å²) in [5.41, 5.74) is 1.86. The Kier molecular flexibility index (Phi) is 5.57. The molecule has 3 heterocycles. The molecule has 0 bridgehead atoms. The van der Waals surface area contributed by atoms with Gasteiger partial charge in [-0.05, 0) is 43.3 Å². The second kappa shape index (κ2) is 8.62. The van der Waals surface area contributed by atoms with E-state index in [1.807, 2.05) is 0 Å². The highest BCUT2D eigenvalue weighted by Crippen LogP contribution is 2.21. The fourth-order valence-corrected chi connectivity index (χ4v) is 3.31. The average Bonchev–Trinajstić information content (AvgIpc) is 3.46. The third-order valence-corrected chi connectivity index (χ3v) is 4.80. The Morgan fingerprint density at radius 1 is 1.10 bits per heavy atom. The Balaban J connectivity index is 1.43. The van der Waals surface area contributed by atoms with Gasteiger partial charge < -0.3 is 10.1 Å². The molecule has 9 nitrogen and oxygen atoms in total. The topological polar surface area (TPSA) is 112 Å². The Labute approximate surface area is 175 Å². The first kappa shape index (κ1) is 19.4. The van der Waals surface area contributed by atoms with Crippen LogP contribution in [0.5, 0.6) is 0 Å². The molecule has 0 saturated heterocycles. The number of carbonyl (C=O) groups is 2. The molecule has 1 aromatic carbocycles. The van der Waals surface area contributed by atoms with Crippen molar-refractivity contribution < 1.29 is 14.3 Å². The van der Waals surface area contributed by atoms with E-state index in [-0.39, 0.29) is 17.3 Å². The number of rotatable bonds is 6. The van der Waals surface area contributed by atoms with E-state index in [1.165, 1.54) is 11.3 Å². The summed E-state index contributed by atoms with van der Waals surface area (Å²) in [4.78, 5) is 36.8. The Morgan fingerprint density at radius 2 is 1.87 bits per heavy atom. The minimum absolute atomic E-state index is 0.232. The maximum absolute atomic E-state index is 12.5. The van der Waals surface area contributed by atoms with Gasteiger partial charge in [-0.15, -0.1) is 11.3 Å². The number of hydrogen-bond acceptors (Lipinski definition) is 8. The number of esters is 1. The van der Waals surface area contributed by atoms with Gasteiger partial charge in [0.2, 0.25) is 0 Å². The number of benzene rings is 1. The summed E-state index contributed by atoms with van der Waals surface area (Å²) in [6.07, 6.45) is 4.92. The van der Waals surface area contributed by atoms with Crippen LogP contribution in [0, 0.1) is 0 Å². The minimum Gasteiger partial charge on any atom is -0.461 e. The van der Waals surface area contributed by atoms with Crippen LogP contribution in [0.4, 0.5) is 5.69 Å². The predicted octanol–water partition coefficient (Wildman–Crippen LogP) is 3.21. The van der Waals surface area contributed by atoms with Crippen molar-refractivity contribution >= 4 is 28.9 Å². The molecule has 10 heteroatoms. The van der Waals surface area contributed by atoms with E-state index in [1.54, 1.807) is 72.0 Å². The van der Waals surface area contributed by atoms with E-state index in [4.69, 9.17) is 4.74 Å². The molecule has 0 radical (unpaired) electrons. The number of nitrogens with zero attached hydrogens (tertiary/aromatic N) is 5.